The van der Waals surface area contributed by atoms with Crippen LogP contribution in [0.3, 0.4) is 0 Å². The molecular formula is C54H59FN10O8S. The summed E-state index contributed by atoms with van der Waals surface area (Å²) in [5.74, 6) is 0.970. The lowest BCUT2D eigenvalue weighted by molar-refractivity contribution is -0.137. The Morgan fingerprint density at radius 3 is 2.27 bits per heavy atom. The Balaban J connectivity index is 0.850. The van der Waals surface area contributed by atoms with Gasteiger partial charge in [-0.15, -0.1) is 11.3 Å². The zero-order valence-corrected chi connectivity index (χ0v) is 42.8. The van der Waals surface area contributed by atoms with Gasteiger partial charge in [-0.05, 0) is 101 Å². The first kappa shape index (κ1) is 47.9. The fourth-order valence-electron chi connectivity index (χ4n) is 11.8. The number of thiazole rings is 1. The van der Waals surface area contributed by atoms with Gasteiger partial charge < -0.3 is 49.3 Å². The predicted molar refractivity (Wildman–Crippen MR) is 271 cm³/mol. The molecule has 4 aliphatic heterocycles. The van der Waals surface area contributed by atoms with Crippen molar-refractivity contribution in [2.24, 2.45) is 17.8 Å². The van der Waals surface area contributed by atoms with Gasteiger partial charge in [-0.1, -0.05) is 26.0 Å². The van der Waals surface area contributed by atoms with Crippen LogP contribution in [0.5, 0.6) is 5.75 Å². The minimum absolute atomic E-state index is 0.0633. The Bertz CT molecular complexity index is 3240. The lowest BCUT2D eigenvalue weighted by Gasteiger charge is -2.38. The van der Waals surface area contributed by atoms with E-state index in [0.29, 0.717) is 78.1 Å². The van der Waals surface area contributed by atoms with Gasteiger partial charge in [0.05, 0.1) is 89.0 Å². The zero-order chi connectivity index (χ0) is 51.3. The molecular weight excluding hydrogens is 968 g/mol. The van der Waals surface area contributed by atoms with Gasteiger partial charge in [0.1, 0.15) is 35.3 Å². The van der Waals surface area contributed by atoms with Crippen LogP contribution in [-0.2, 0) is 23.8 Å². The van der Waals surface area contributed by atoms with Crippen molar-refractivity contribution >= 4 is 46.2 Å². The smallest absolute Gasteiger partial charge is 0.407 e. The van der Waals surface area contributed by atoms with Crippen LogP contribution in [0.25, 0.3) is 44.7 Å². The van der Waals surface area contributed by atoms with E-state index in [2.05, 4.69) is 32.7 Å². The van der Waals surface area contributed by atoms with Crippen molar-refractivity contribution in [1.29, 1.82) is 0 Å². The number of aromatic amines is 2. The van der Waals surface area contributed by atoms with Gasteiger partial charge >= 0.3 is 12.2 Å². The SMILES string of the molecule is COC(=O)NC(C(=O)N1C2=C[C@@H]2C[C@H]1c1ncc(-c2ccc3c(c2)cc2n3C(c3cnc(C4CC4)s3)Oc3cc(-c4cnc([C@@H]5CCCN5C(=O)[C@@H](NC(=O)OC)C(C)C)[nH]4)cc(F)c3-2)[nH]1)C1C[C@@H](C)O[C@H](C)C1. The summed E-state index contributed by atoms with van der Waals surface area (Å²) in [5, 5.41) is 7.49. The number of hydrogen-bond donors (Lipinski definition) is 4. The molecule has 20 heteroatoms. The number of amides is 4. The molecule has 4 N–H and O–H groups in total. The number of aromatic nitrogens is 6. The van der Waals surface area contributed by atoms with Crippen molar-refractivity contribution in [2.75, 3.05) is 20.8 Å². The number of rotatable bonds is 12. The minimum atomic E-state index is -0.802. The third-order valence-corrected chi connectivity index (χ3v) is 16.8. The number of nitrogens with zero attached hydrogens (tertiary/aromatic N) is 6. The molecule has 3 saturated heterocycles. The number of methoxy groups -OCH3 is 2. The fourth-order valence-corrected chi connectivity index (χ4v) is 12.9. The molecule has 4 aromatic heterocycles. The summed E-state index contributed by atoms with van der Waals surface area (Å²) < 4.78 is 41.7. The lowest BCUT2D eigenvalue weighted by Crippen LogP contribution is -2.53. The van der Waals surface area contributed by atoms with Gasteiger partial charge in [0, 0.05) is 46.8 Å². The maximum atomic E-state index is 17.0. The molecule has 2 aliphatic carbocycles. The maximum Gasteiger partial charge on any atom is 0.407 e. The highest BCUT2D eigenvalue weighted by Gasteiger charge is 2.51. The zero-order valence-electron chi connectivity index (χ0n) is 42.0. The molecule has 0 spiro atoms. The maximum absolute atomic E-state index is 17.0. The van der Waals surface area contributed by atoms with Crippen LogP contribution >= 0.6 is 11.3 Å². The number of imidazole rings is 2. The summed E-state index contributed by atoms with van der Waals surface area (Å²) in [5.41, 5.74) is 5.48. The van der Waals surface area contributed by atoms with Crippen molar-refractivity contribution in [2.45, 2.75) is 121 Å². The normalized spacial score (nSPS) is 24.6. The number of ether oxygens (including phenoxy) is 4. The molecule has 4 amide bonds. The molecule has 6 aromatic rings. The summed E-state index contributed by atoms with van der Waals surface area (Å²) in [6.45, 7) is 8.23. The van der Waals surface area contributed by atoms with Crippen LogP contribution in [0.15, 0.2) is 66.8 Å². The van der Waals surface area contributed by atoms with Crippen LogP contribution < -0.4 is 15.4 Å². The van der Waals surface area contributed by atoms with E-state index in [9.17, 15) is 19.2 Å². The molecule has 1 saturated carbocycles. The molecule has 12 rings (SSSR count). The van der Waals surface area contributed by atoms with Gasteiger partial charge in [0.2, 0.25) is 18.0 Å². The van der Waals surface area contributed by atoms with E-state index >= 15 is 4.39 Å². The van der Waals surface area contributed by atoms with Crippen molar-refractivity contribution in [3.05, 3.63) is 94.1 Å². The number of carbonyl (C=O) groups is 4. The van der Waals surface area contributed by atoms with E-state index in [0.717, 1.165) is 57.0 Å². The van der Waals surface area contributed by atoms with Crippen molar-refractivity contribution in [1.82, 2.24) is 49.9 Å². The molecule has 8 heterocycles. The number of hydrogen-bond acceptors (Lipinski definition) is 12. The van der Waals surface area contributed by atoms with Gasteiger partial charge in [0.25, 0.3) is 0 Å². The molecule has 74 heavy (non-hydrogen) atoms. The molecule has 6 aliphatic rings. The second kappa shape index (κ2) is 18.7. The van der Waals surface area contributed by atoms with E-state index in [1.807, 2.05) is 67.6 Å². The first-order chi connectivity index (χ1) is 35.7. The number of fused-ring (bicyclic) bond motifs is 6. The molecule has 4 fully saturated rings. The first-order valence-electron chi connectivity index (χ1n) is 25.7. The van der Waals surface area contributed by atoms with Crippen LogP contribution in [0, 0.1) is 23.6 Å². The third kappa shape index (κ3) is 8.58. The van der Waals surface area contributed by atoms with Crippen LogP contribution in [-0.4, -0.2) is 108 Å². The molecule has 18 nitrogen and oxygen atoms in total. The highest BCUT2D eigenvalue weighted by molar-refractivity contribution is 7.11. The standard InChI is InChI=1S/C54H59FN10O8S/c1-25(2)45(61-53(68)70-5)50(66)63-13-7-8-38(63)47-56-23-36(60-47)30-17-34(55)44-40-19-31-16-29(11-12-37(31)65(40)52(73-42(44)21-30)43-24-58-49(74-43)28-9-10-28)35-22-57-48(59-35)41-20-32-18-39(32)64(41)51(67)46(62-54(69)71-6)33-14-26(3)72-27(4)15-33/h11-12,16-19,21-28,32-33,38,41,45-46,52H,7-10,13-15,20H2,1-6H3,(H,56,60)(H,57,59)(H,61,68)(H,62,69)/t26-,27-,32-,38+,41+,45+,46?,52?/m1/s1. The summed E-state index contributed by atoms with van der Waals surface area (Å²) in [4.78, 5) is 79.1. The number of carbonyl (C=O) groups excluding carboxylic acids is 4. The first-order valence-corrected chi connectivity index (χ1v) is 26.5. The Morgan fingerprint density at radius 1 is 0.838 bits per heavy atom. The van der Waals surface area contributed by atoms with E-state index in [4.69, 9.17) is 33.9 Å². The van der Waals surface area contributed by atoms with E-state index < -0.39 is 36.3 Å². The minimum Gasteiger partial charge on any atom is -0.464 e. The van der Waals surface area contributed by atoms with E-state index in [1.54, 1.807) is 28.6 Å². The third-order valence-electron chi connectivity index (χ3n) is 15.6. The van der Waals surface area contributed by atoms with Gasteiger partial charge in [-0.3, -0.25) is 14.2 Å². The van der Waals surface area contributed by atoms with Crippen LogP contribution in [0.2, 0.25) is 0 Å². The highest BCUT2D eigenvalue weighted by atomic mass is 32.1. The lowest BCUT2D eigenvalue weighted by atomic mass is 9.85. The van der Waals surface area contributed by atoms with Crippen molar-refractivity contribution in [3.8, 4) is 39.5 Å². The monoisotopic (exact) mass is 1030 g/mol. The fraction of sp³-hybridized carbons (Fsp3) is 0.463. The average Bonchev–Trinajstić information content (AvgIpc) is 3.86. The van der Waals surface area contributed by atoms with E-state index in [-0.39, 0.29) is 53.9 Å². The summed E-state index contributed by atoms with van der Waals surface area (Å²) in [7, 11) is 2.57. The molecule has 8 atom stereocenters. The Morgan fingerprint density at radius 2 is 1.55 bits per heavy atom. The second-order valence-electron chi connectivity index (χ2n) is 21.0. The number of likely N-dealkylation sites (tertiary alicyclic amines) is 2. The van der Waals surface area contributed by atoms with Crippen LogP contribution in [0.1, 0.15) is 118 Å². The number of halogens is 1. The number of H-pyrrole nitrogens is 2. The molecule has 2 unspecified atom stereocenters. The summed E-state index contributed by atoms with van der Waals surface area (Å²) in [6.07, 6.45) is 10.9. The van der Waals surface area contributed by atoms with Gasteiger partial charge in [-0.2, -0.15) is 0 Å². The molecule has 386 valence electrons. The Kier molecular flexibility index (Phi) is 12.1. The quantitative estimate of drug-likeness (QED) is 0.0908. The molecule has 2 aromatic carbocycles. The van der Waals surface area contributed by atoms with E-state index in [1.165, 1.54) is 20.3 Å². The van der Waals surface area contributed by atoms with Gasteiger partial charge in [0.15, 0.2) is 0 Å². The number of alkyl carbamates (subject to hydrolysis) is 2. The van der Waals surface area contributed by atoms with Gasteiger partial charge in [-0.25, -0.2) is 28.9 Å². The van der Waals surface area contributed by atoms with Crippen LogP contribution in [0.4, 0.5) is 14.0 Å². The highest BCUT2D eigenvalue weighted by Crippen LogP contribution is 2.53. The predicted octanol–water partition coefficient (Wildman–Crippen LogP) is 9.26. The Labute approximate surface area is 430 Å². The molecule has 0 bridgehead atoms. The topological polar surface area (TPSA) is 211 Å². The summed E-state index contributed by atoms with van der Waals surface area (Å²) >= 11 is 1.62. The number of allylic oxidation sites excluding steroid dienone is 2. The molecule has 0 radical (unpaired) electrons. The van der Waals surface area contributed by atoms with Crippen molar-refractivity contribution in [3.63, 3.8) is 0 Å². The summed E-state index contributed by atoms with van der Waals surface area (Å²) in [6, 6.07) is 9.11. The second-order valence-corrected chi connectivity index (χ2v) is 22.1. The average molecular weight is 1030 g/mol. The Hall–Kier alpha value is -7.06. The largest absolute Gasteiger partial charge is 0.464 e. The number of nitrogens with one attached hydrogen (secondary N) is 4. The number of benzene rings is 2. The van der Waals surface area contributed by atoms with Crippen molar-refractivity contribution < 1.29 is 42.5 Å².